The first-order valence-electron chi connectivity index (χ1n) is 11.0. The predicted molar refractivity (Wildman–Crippen MR) is 114 cm³/mol. The van der Waals surface area contributed by atoms with E-state index < -0.39 is 0 Å². The van der Waals surface area contributed by atoms with Crippen molar-refractivity contribution in [3.8, 4) is 0 Å². The molecule has 0 aromatic carbocycles. The van der Waals surface area contributed by atoms with E-state index in [0.29, 0.717) is 45.1 Å². The lowest BCUT2D eigenvalue weighted by Gasteiger charge is -2.61. The van der Waals surface area contributed by atoms with Crippen LogP contribution in [0.4, 0.5) is 0 Å². The third kappa shape index (κ3) is 5.06. The Balaban J connectivity index is 1.28. The summed E-state index contributed by atoms with van der Waals surface area (Å²) < 4.78 is 26.0. The SMILES string of the molecule is COCCOCCOCCOC12CC3CC(CC(Cn4ncc(Br)c4C)(C3)C1)C2. The molecule has 0 radical (unpaired) electrons. The van der Waals surface area contributed by atoms with E-state index in [1.54, 1.807) is 7.11 Å². The van der Waals surface area contributed by atoms with E-state index in [1.165, 1.54) is 44.2 Å². The Kier molecular flexibility index (Phi) is 7.01. The van der Waals surface area contributed by atoms with Crippen LogP contribution < -0.4 is 0 Å². The zero-order valence-corrected chi connectivity index (χ0v) is 19.4. The molecule has 1 aromatic heterocycles. The van der Waals surface area contributed by atoms with Gasteiger partial charge in [0.2, 0.25) is 0 Å². The molecule has 4 aliphatic rings. The van der Waals surface area contributed by atoms with E-state index in [2.05, 4.69) is 32.6 Å². The average Bonchev–Trinajstić information content (AvgIpc) is 2.97. The summed E-state index contributed by atoms with van der Waals surface area (Å²) in [5.41, 5.74) is 1.63. The molecule has 164 valence electrons. The summed E-state index contributed by atoms with van der Waals surface area (Å²) >= 11 is 3.61. The summed E-state index contributed by atoms with van der Waals surface area (Å²) in [7, 11) is 1.68. The smallest absolute Gasteiger partial charge is 0.0708 e. The second kappa shape index (κ2) is 9.35. The molecule has 2 unspecified atom stereocenters. The lowest BCUT2D eigenvalue weighted by molar-refractivity contribution is -0.201. The Bertz CT molecular complexity index is 666. The van der Waals surface area contributed by atoms with Gasteiger partial charge in [-0.1, -0.05) is 0 Å². The van der Waals surface area contributed by atoms with E-state index in [4.69, 9.17) is 18.9 Å². The minimum atomic E-state index is 0.0562. The number of halogens is 1. The molecule has 0 amide bonds. The second-order valence-electron chi connectivity index (χ2n) is 9.45. The first-order chi connectivity index (χ1) is 14.0. The van der Waals surface area contributed by atoms with Gasteiger partial charge in [0.05, 0.1) is 55.9 Å². The molecule has 6 nitrogen and oxygen atoms in total. The van der Waals surface area contributed by atoms with E-state index in [0.717, 1.165) is 22.9 Å². The lowest BCUT2D eigenvalue weighted by atomic mass is 9.48. The molecule has 4 aliphatic carbocycles. The highest BCUT2D eigenvalue weighted by molar-refractivity contribution is 9.10. The molecule has 7 heteroatoms. The number of nitrogens with zero attached hydrogens (tertiary/aromatic N) is 2. The van der Waals surface area contributed by atoms with E-state index in [1.807, 2.05) is 6.20 Å². The van der Waals surface area contributed by atoms with Crippen molar-refractivity contribution in [2.24, 2.45) is 17.3 Å². The largest absolute Gasteiger partial charge is 0.382 e. The van der Waals surface area contributed by atoms with E-state index in [-0.39, 0.29) is 5.60 Å². The Labute approximate surface area is 182 Å². The highest BCUT2D eigenvalue weighted by atomic mass is 79.9. The topological polar surface area (TPSA) is 54.7 Å². The van der Waals surface area contributed by atoms with Crippen LogP contribution in [0.1, 0.15) is 44.2 Å². The summed E-state index contributed by atoms with van der Waals surface area (Å²) in [6.07, 6.45) is 9.62. The van der Waals surface area contributed by atoms with Crippen LogP contribution in [0.25, 0.3) is 0 Å². The standard InChI is InChI=1S/C22H35BrN2O4/c1-17-20(23)14-24-25(17)16-21-10-18-9-19(11-21)13-22(12-18,15-21)29-8-7-28-6-5-27-4-3-26-2/h14,18-19H,3-13,15-16H2,1-2H3. The Morgan fingerprint density at radius 3 is 2.31 bits per heavy atom. The van der Waals surface area contributed by atoms with Gasteiger partial charge in [0.25, 0.3) is 0 Å². The van der Waals surface area contributed by atoms with Crippen LogP contribution >= 0.6 is 15.9 Å². The van der Waals surface area contributed by atoms with Crippen LogP contribution in [0.3, 0.4) is 0 Å². The maximum atomic E-state index is 6.56. The fourth-order valence-electron chi connectivity index (χ4n) is 6.40. The van der Waals surface area contributed by atoms with Crippen LogP contribution in [-0.4, -0.2) is 62.1 Å². The van der Waals surface area contributed by atoms with Crippen LogP contribution in [0, 0.1) is 24.2 Å². The average molecular weight is 471 g/mol. The van der Waals surface area contributed by atoms with Crippen molar-refractivity contribution in [2.75, 3.05) is 46.8 Å². The van der Waals surface area contributed by atoms with Gasteiger partial charge in [0.15, 0.2) is 0 Å². The van der Waals surface area contributed by atoms with Crippen molar-refractivity contribution in [3.63, 3.8) is 0 Å². The minimum absolute atomic E-state index is 0.0562. The fraction of sp³-hybridized carbons (Fsp3) is 0.864. The van der Waals surface area contributed by atoms with Crippen LogP contribution in [0.2, 0.25) is 0 Å². The van der Waals surface area contributed by atoms with Crippen LogP contribution in [-0.2, 0) is 25.5 Å². The van der Waals surface area contributed by atoms with Crippen molar-refractivity contribution in [2.45, 2.75) is 57.6 Å². The number of rotatable bonds is 12. The third-order valence-electron chi connectivity index (χ3n) is 7.10. The Morgan fingerprint density at radius 1 is 1.03 bits per heavy atom. The molecule has 1 heterocycles. The van der Waals surface area contributed by atoms with Gasteiger partial charge in [0.1, 0.15) is 0 Å². The normalized spacial score (nSPS) is 32.9. The monoisotopic (exact) mass is 470 g/mol. The van der Waals surface area contributed by atoms with Crippen molar-refractivity contribution in [3.05, 3.63) is 16.4 Å². The molecule has 29 heavy (non-hydrogen) atoms. The first-order valence-corrected chi connectivity index (χ1v) is 11.8. The zero-order valence-electron chi connectivity index (χ0n) is 17.8. The summed E-state index contributed by atoms with van der Waals surface area (Å²) in [5, 5.41) is 4.63. The number of ether oxygens (including phenoxy) is 4. The molecule has 4 saturated carbocycles. The molecular weight excluding hydrogens is 436 g/mol. The zero-order chi connectivity index (χ0) is 20.3. The fourth-order valence-corrected chi connectivity index (χ4v) is 6.70. The van der Waals surface area contributed by atoms with Gasteiger partial charge in [-0.3, -0.25) is 4.68 Å². The van der Waals surface area contributed by atoms with Crippen molar-refractivity contribution in [1.82, 2.24) is 9.78 Å². The number of methoxy groups -OCH3 is 1. The summed E-state index contributed by atoms with van der Waals surface area (Å²) in [6.45, 7) is 6.98. The number of hydrogen-bond acceptors (Lipinski definition) is 5. The van der Waals surface area contributed by atoms with Gasteiger partial charge in [-0.2, -0.15) is 5.10 Å². The predicted octanol–water partition coefficient (Wildman–Crippen LogP) is 3.99. The van der Waals surface area contributed by atoms with Crippen LogP contribution in [0.5, 0.6) is 0 Å². The highest BCUT2D eigenvalue weighted by Gasteiger charge is 2.58. The summed E-state index contributed by atoms with van der Waals surface area (Å²) in [5.74, 6) is 1.62. The van der Waals surface area contributed by atoms with Gasteiger partial charge in [-0.15, -0.1) is 0 Å². The molecule has 4 fully saturated rings. The van der Waals surface area contributed by atoms with Crippen molar-refractivity contribution < 1.29 is 18.9 Å². The second-order valence-corrected chi connectivity index (χ2v) is 10.3. The molecule has 0 spiro atoms. The molecule has 1 aromatic rings. The highest BCUT2D eigenvalue weighted by Crippen LogP contribution is 2.63. The quantitative estimate of drug-likeness (QED) is 0.432. The number of aromatic nitrogens is 2. The summed E-state index contributed by atoms with van der Waals surface area (Å²) in [6, 6.07) is 0. The molecule has 4 bridgehead atoms. The number of hydrogen-bond donors (Lipinski definition) is 0. The van der Waals surface area contributed by atoms with Crippen LogP contribution in [0.15, 0.2) is 10.7 Å². The van der Waals surface area contributed by atoms with Gasteiger partial charge in [-0.25, -0.2) is 0 Å². The molecular formula is C22H35BrN2O4. The van der Waals surface area contributed by atoms with Crippen molar-refractivity contribution in [1.29, 1.82) is 0 Å². The molecule has 0 N–H and O–H groups in total. The van der Waals surface area contributed by atoms with Gasteiger partial charge < -0.3 is 18.9 Å². The Hall–Kier alpha value is -0.470. The molecule has 5 rings (SSSR count). The third-order valence-corrected chi connectivity index (χ3v) is 7.88. The molecule has 0 saturated heterocycles. The van der Waals surface area contributed by atoms with Gasteiger partial charge in [0, 0.05) is 19.3 Å². The minimum Gasteiger partial charge on any atom is -0.382 e. The van der Waals surface area contributed by atoms with Crippen molar-refractivity contribution >= 4 is 15.9 Å². The summed E-state index contributed by atoms with van der Waals surface area (Å²) in [4.78, 5) is 0. The van der Waals surface area contributed by atoms with E-state index >= 15 is 0 Å². The maximum Gasteiger partial charge on any atom is 0.0708 e. The maximum absolute atomic E-state index is 6.56. The Morgan fingerprint density at radius 2 is 1.69 bits per heavy atom. The molecule has 0 aliphatic heterocycles. The molecule has 2 atom stereocenters. The van der Waals surface area contributed by atoms with E-state index in [9.17, 15) is 0 Å². The lowest BCUT2D eigenvalue weighted by Crippen LogP contribution is -2.58. The van der Waals surface area contributed by atoms with Gasteiger partial charge in [-0.05, 0) is 78.6 Å². The van der Waals surface area contributed by atoms with Gasteiger partial charge >= 0.3 is 0 Å². The first kappa shape index (κ1) is 21.8.